The van der Waals surface area contributed by atoms with Crippen molar-refractivity contribution in [1.29, 1.82) is 0 Å². The number of para-hydroxylation sites is 1. The van der Waals surface area contributed by atoms with Crippen LogP contribution in [0.25, 0.3) is 16.7 Å². The molecule has 0 amide bonds. The third-order valence-electron chi connectivity index (χ3n) is 3.11. The SMILES string of the molecule is Nc1nc2c(Cl)cccc2n1-c1ccc(C(F)(F)F)cc1. The minimum absolute atomic E-state index is 0.165. The average molecular weight is 312 g/mol. The van der Waals surface area contributed by atoms with Gasteiger partial charge in [-0.3, -0.25) is 4.57 Å². The zero-order valence-corrected chi connectivity index (χ0v) is 11.3. The van der Waals surface area contributed by atoms with Crippen molar-refractivity contribution < 1.29 is 13.2 Å². The number of nitrogens with two attached hydrogens (primary N) is 1. The van der Waals surface area contributed by atoms with Gasteiger partial charge in [-0.25, -0.2) is 4.98 Å². The second kappa shape index (κ2) is 4.66. The summed E-state index contributed by atoms with van der Waals surface area (Å²) >= 11 is 6.03. The fourth-order valence-corrected chi connectivity index (χ4v) is 2.37. The normalized spacial score (nSPS) is 12.0. The molecule has 0 aliphatic heterocycles. The summed E-state index contributed by atoms with van der Waals surface area (Å²) in [6.07, 6.45) is -4.37. The highest BCUT2D eigenvalue weighted by Gasteiger charge is 2.30. The van der Waals surface area contributed by atoms with Gasteiger partial charge in [-0.05, 0) is 36.4 Å². The number of fused-ring (bicyclic) bond motifs is 1. The molecule has 0 aliphatic carbocycles. The van der Waals surface area contributed by atoms with Gasteiger partial charge in [0.1, 0.15) is 5.52 Å². The van der Waals surface area contributed by atoms with E-state index in [9.17, 15) is 13.2 Å². The van der Waals surface area contributed by atoms with Crippen molar-refractivity contribution in [2.75, 3.05) is 5.73 Å². The van der Waals surface area contributed by atoms with Crippen molar-refractivity contribution >= 4 is 28.6 Å². The van der Waals surface area contributed by atoms with Crippen LogP contribution in [0.4, 0.5) is 19.1 Å². The van der Waals surface area contributed by atoms with E-state index in [-0.39, 0.29) is 5.95 Å². The monoisotopic (exact) mass is 311 g/mol. The Morgan fingerprint density at radius 2 is 1.71 bits per heavy atom. The number of rotatable bonds is 1. The first kappa shape index (κ1) is 13.8. The third kappa shape index (κ3) is 2.31. The first-order valence-electron chi connectivity index (χ1n) is 5.98. The maximum Gasteiger partial charge on any atom is 0.416 e. The van der Waals surface area contributed by atoms with Gasteiger partial charge >= 0.3 is 6.18 Å². The van der Waals surface area contributed by atoms with Crippen molar-refractivity contribution in [1.82, 2.24) is 9.55 Å². The number of benzene rings is 2. The number of hydrogen-bond donors (Lipinski definition) is 1. The molecule has 0 unspecified atom stereocenters. The molecule has 0 bridgehead atoms. The van der Waals surface area contributed by atoms with E-state index in [0.717, 1.165) is 12.1 Å². The smallest absolute Gasteiger partial charge is 0.369 e. The van der Waals surface area contributed by atoms with Gasteiger partial charge in [-0.15, -0.1) is 0 Å². The topological polar surface area (TPSA) is 43.8 Å². The van der Waals surface area contributed by atoms with E-state index in [0.29, 0.717) is 21.7 Å². The Kier molecular flexibility index (Phi) is 3.06. The van der Waals surface area contributed by atoms with E-state index < -0.39 is 11.7 Å². The highest BCUT2D eigenvalue weighted by Crippen LogP contribution is 2.32. The van der Waals surface area contributed by atoms with Crippen LogP contribution in [0.15, 0.2) is 42.5 Å². The molecule has 3 nitrogen and oxygen atoms in total. The van der Waals surface area contributed by atoms with Gasteiger partial charge in [-0.2, -0.15) is 13.2 Å². The second-order valence-corrected chi connectivity index (χ2v) is 4.86. The van der Waals surface area contributed by atoms with E-state index in [2.05, 4.69) is 4.98 Å². The molecule has 0 spiro atoms. The first-order chi connectivity index (χ1) is 9.88. The van der Waals surface area contributed by atoms with E-state index in [1.165, 1.54) is 12.1 Å². The molecule has 2 N–H and O–H groups in total. The number of anilines is 1. The van der Waals surface area contributed by atoms with Crippen LogP contribution in [0, 0.1) is 0 Å². The fourth-order valence-electron chi connectivity index (χ4n) is 2.15. The van der Waals surface area contributed by atoms with Crippen LogP contribution in [-0.4, -0.2) is 9.55 Å². The van der Waals surface area contributed by atoms with Crippen LogP contribution in [0.1, 0.15) is 5.56 Å². The first-order valence-corrected chi connectivity index (χ1v) is 6.36. The maximum atomic E-state index is 12.6. The van der Waals surface area contributed by atoms with Crippen molar-refractivity contribution in [2.24, 2.45) is 0 Å². The van der Waals surface area contributed by atoms with Crippen molar-refractivity contribution in [2.45, 2.75) is 6.18 Å². The summed E-state index contributed by atoms with van der Waals surface area (Å²) in [5.74, 6) is 0.165. The number of nitrogens with zero attached hydrogens (tertiary/aromatic N) is 2. The molecule has 7 heteroatoms. The fraction of sp³-hybridized carbons (Fsp3) is 0.0714. The van der Waals surface area contributed by atoms with Crippen molar-refractivity contribution in [3.05, 3.63) is 53.1 Å². The Hall–Kier alpha value is -2.21. The van der Waals surface area contributed by atoms with Crippen LogP contribution in [-0.2, 0) is 6.18 Å². The minimum Gasteiger partial charge on any atom is -0.369 e. The lowest BCUT2D eigenvalue weighted by molar-refractivity contribution is -0.137. The number of hydrogen-bond acceptors (Lipinski definition) is 2. The highest BCUT2D eigenvalue weighted by molar-refractivity contribution is 6.35. The number of alkyl halides is 3. The van der Waals surface area contributed by atoms with Crippen LogP contribution < -0.4 is 5.73 Å². The third-order valence-corrected chi connectivity index (χ3v) is 3.42. The molecule has 3 aromatic rings. The summed E-state index contributed by atoms with van der Waals surface area (Å²) in [5.41, 5.74) is 6.77. The summed E-state index contributed by atoms with van der Waals surface area (Å²) in [6, 6.07) is 9.86. The van der Waals surface area contributed by atoms with E-state index in [4.69, 9.17) is 17.3 Å². The Balaban J connectivity index is 2.17. The molecule has 3 rings (SSSR count). The molecule has 0 saturated heterocycles. The lowest BCUT2D eigenvalue weighted by atomic mass is 10.2. The van der Waals surface area contributed by atoms with Gasteiger partial charge in [0.05, 0.1) is 16.1 Å². The van der Waals surface area contributed by atoms with Crippen molar-refractivity contribution in [3.63, 3.8) is 0 Å². The van der Waals surface area contributed by atoms with Crippen molar-refractivity contribution in [3.8, 4) is 5.69 Å². The molecule has 0 atom stereocenters. The molecular formula is C14H9ClF3N3. The number of aromatic nitrogens is 2. The van der Waals surface area contributed by atoms with Gasteiger partial charge in [0.15, 0.2) is 0 Å². The van der Waals surface area contributed by atoms with E-state index in [1.54, 1.807) is 22.8 Å². The Bertz CT molecular complexity index is 807. The van der Waals surface area contributed by atoms with Gasteiger partial charge < -0.3 is 5.73 Å². The van der Waals surface area contributed by atoms with Crippen LogP contribution >= 0.6 is 11.6 Å². The summed E-state index contributed by atoms with van der Waals surface area (Å²) in [5, 5.41) is 0.435. The molecule has 1 aromatic heterocycles. The Morgan fingerprint density at radius 3 is 2.33 bits per heavy atom. The molecular weight excluding hydrogens is 303 g/mol. The van der Waals surface area contributed by atoms with Crippen LogP contribution in [0.2, 0.25) is 5.02 Å². The van der Waals surface area contributed by atoms with E-state index in [1.807, 2.05) is 0 Å². The van der Waals surface area contributed by atoms with E-state index >= 15 is 0 Å². The molecule has 0 radical (unpaired) electrons. The predicted molar refractivity (Wildman–Crippen MR) is 75.5 cm³/mol. The predicted octanol–water partition coefficient (Wildman–Crippen LogP) is 4.28. The van der Waals surface area contributed by atoms with Crippen LogP contribution in [0.3, 0.4) is 0 Å². The number of nitrogen functional groups attached to an aromatic ring is 1. The summed E-state index contributed by atoms with van der Waals surface area (Å²) in [6.45, 7) is 0. The molecule has 0 aliphatic rings. The summed E-state index contributed by atoms with van der Waals surface area (Å²) in [4.78, 5) is 4.15. The lowest BCUT2D eigenvalue weighted by Gasteiger charge is -2.10. The lowest BCUT2D eigenvalue weighted by Crippen LogP contribution is -2.06. The van der Waals surface area contributed by atoms with Gasteiger partial charge in [0.25, 0.3) is 0 Å². The van der Waals surface area contributed by atoms with Gasteiger partial charge in [0, 0.05) is 5.69 Å². The minimum atomic E-state index is -4.37. The average Bonchev–Trinajstić information content (AvgIpc) is 2.76. The van der Waals surface area contributed by atoms with Gasteiger partial charge in [0.2, 0.25) is 5.95 Å². The number of imidazole rings is 1. The molecule has 2 aromatic carbocycles. The molecule has 0 fully saturated rings. The number of halogens is 4. The molecule has 0 saturated carbocycles. The largest absolute Gasteiger partial charge is 0.416 e. The quantitative estimate of drug-likeness (QED) is 0.729. The van der Waals surface area contributed by atoms with Gasteiger partial charge in [-0.1, -0.05) is 17.7 Å². The Labute approximate surface area is 122 Å². The highest BCUT2D eigenvalue weighted by atomic mass is 35.5. The van der Waals surface area contributed by atoms with Crippen LogP contribution in [0.5, 0.6) is 0 Å². The molecule has 1 heterocycles. The Morgan fingerprint density at radius 1 is 1.05 bits per heavy atom. The molecule has 108 valence electrons. The molecule has 21 heavy (non-hydrogen) atoms. The summed E-state index contributed by atoms with van der Waals surface area (Å²) in [7, 11) is 0. The zero-order chi connectivity index (χ0) is 15.2. The second-order valence-electron chi connectivity index (χ2n) is 4.46. The maximum absolute atomic E-state index is 12.6. The summed E-state index contributed by atoms with van der Waals surface area (Å²) < 4.78 is 39.3. The zero-order valence-electron chi connectivity index (χ0n) is 10.5. The standard InChI is InChI=1S/C14H9ClF3N3/c15-10-2-1-3-11-12(10)20-13(19)21(11)9-6-4-8(5-7-9)14(16,17)18/h1-7H,(H2,19,20).